The molecule has 0 N–H and O–H groups in total. The van der Waals surface area contributed by atoms with E-state index in [0.717, 1.165) is 5.56 Å². The zero-order valence-corrected chi connectivity index (χ0v) is 7.51. The third-order valence-corrected chi connectivity index (χ3v) is 0.843. The summed E-state index contributed by atoms with van der Waals surface area (Å²) in [4.78, 5) is 0. The Bertz CT molecular complexity index is 134. The molecule has 0 bridgehead atoms. The van der Waals surface area contributed by atoms with Crippen LogP contribution in [0.3, 0.4) is 0 Å². The molecule has 0 saturated carbocycles. The second-order valence-electron chi connectivity index (χ2n) is 1.49. The van der Waals surface area contributed by atoms with Gasteiger partial charge in [-0.2, -0.15) is 24.6 Å². The fraction of sp³-hybridized carbons (Fsp3) is 0. The van der Waals surface area contributed by atoms with Crippen LogP contribution in [0.15, 0.2) is 30.3 Å². The maximum absolute atomic E-state index is 3.72. The first-order chi connectivity index (χ1) is 3.39. The number of benzene rings is 1. The zero-order chi connectivity index (χ0) is 5.11. The van der Waals surface area contributed by atoms with Crippen molar-refractivity contribution in [1.29, 1.82) is 0 Å². The van der Waals surface area contributed by atoms with Crippen molar-refractivity contribution >= 4 is 0 Å². The number of hydrogen-bond acceptors (Lipinski definition) is 0. The summed E-state index contributed by atoms with van der Waals surface area (Å²) in [7, 11) is 0. The van der Waals surface area contributed by atoms with Crippen molar-refractivity contribution < 1.29 is 32.7 Å². The third-order valence-electron chi connectivity index (χ3n) is 0.843. The summed E-state index contributed by atoms with van der Waals surface area (Å²) >= 11 is 0. The summed E-state index contributed by atoms with van der Waals surface area (Å²) in [6.07, 6.45) is 0. The summed E-state index contributed by atoms with van der Waals surface area (Å²) in [5.74, 6) is 0. The number of hydrogen-bond donors (Lipinski definition) is 0. The summed E-state index contributed by atoms with van der Waals surface area (Å²) in [6, 6.07) is 9.87. The zero-order valence-electron chi connectivity index (χ0n) is 4.67. The standard InChI is InChI=1S/C7H7.Y/c1-7-5-3-2-4-6-7;/h2-6H,1H2;/q-1;+3. The van der Waals surface area contributed by atoms with Gasteiger partial charge in [-0.3, -0.25) is 0 Å². The maximum atomic E-state index is 3.72. The van der Waals surface area contributed by atoms with Crippen molar-refractivity contribution in [3.05, 3.63) is 42.8 Å². The Hall–Kier alpha value is 0.194. The van der Waals surface area contributed by atoms with Crippen LogP contribution in [0.1, 0.15) is 5.56 Å². The van der Waals surface area contributed by atoms with Crippen molar-refractivity contribution in [3.63, 3.8) is 0 Å². The minimum atomic E-state index is 0. The largest absolute Gasteiger partial charge is 3.00 e. The van der Waals surface area contributed by atoms with Crippen LogP contribution in [-0.4, -0.2) is 0 Å². The van der Waals surface area contributed by atoms with E-state index in [1.807, 2.05) is 30.3 Å². The molecule has 1 aromatic carbocycles. The molecule has 0 atom stereocenters. The molecule has 0 amide bonds. The van der Waals surface area contributed by atoms with E-state index < -0.39 is 0 Å². The molecule has 36 valence electrons. The van der Waals surface area contributed by atoms with Gasteiger partial charge in [0.25, 0.3) is 0 Å². The van der Waals surface area contributed by atoms with E-state index in [4.69, 9.17) is 0 Å². The van der Waals surface area contributed by atoms with E-state index in [2.05, 4.69) is 6.92 Å². The van der Waals surface area contributed by atoms with E-state index in [1.165, 1.54) is 0 Å². The van der Waals surface area contributed by atoms with Gasteiger partial charge >= 0.3 is 32.7 Å². The Morgan fingerprint density at radius 1 is 1.00 bits per heavy atom. The van der Waals surface area contributed by atoms with Gasteiger partial charge in [0.1, 0.15) is 0 Å². The third kappa shape index (κ3) is 2.49. The second kappa shape index (κ2) is 4.11. The van der Waals surface area contributed by atoms with Gasteiger partial charge in [-0.1, -0.05) is 6.07 Å². The Kier molecular flexibility index (Phi) is 4.21. The van der Waals surface area contributed by atoms with Crippen LogP contribution in [0.4, 0.5) is 0 Å². The fourth-order valence-corrected chi connectivity index (χ4v) is 0.478. The normalized spacial score (nSPS) is 7.50. The van der Waals surface area contributed by atoms with E-state index in [9.17, 15) is 0 Å². The van der Waals surface area contributed by atoms with Gasteiger partial charge in [-0.25, -0.2) is 0 Å². The smallest absolute Gasteiger partial charge is 0.199 e. The molecule has 0 radical (unpaired) electrons. The Labute approximate surface area is 75.2 Å². The summed E-state index contributed by atoms with van der Waals surface area (Å²) in [6.45, 7) is 3.72. The molecule has 8 heavy (non-hydrogen) atoms. The van der Waals surface area contributed by atoms with Crippen LogP contribution in [0.5, 0.6) is 0 Å². The van der Waals surface area contributed by atoms with E-state index >= 15 is 0 Å². The molecule has 0 aromatic heterocycles. The molecule has 0 nitrogen and oxygen atoms in total. The van der Waals surface area contributed by atoms with Crippen molar-refractivity contribution in [3.8, 4) is 0 Å². The predicted octanol–water partition coefficient (Wildman–Crippen LogP) is 1.87. The van der Waals surface area contributed by atoms with Gasteiger partial charge < -0.3 is 0 Å². The predicted molar refractivity (Wildman–Crippen MR) is 30.9 cm³/mol. The summed E-state index contributed by atoms with van der Waals surface area (Å²) in [5, 5.41) is 0. The maximum Gasteiger partial charge on any atom is 3.00 e. The first-order valence-corrected chi connectivity index (χ1v) is 2.26. The van der Waals surface area contributed by atoms with Crippen molar-refractivity contribution in [2.75, 3.05) is 0 Å². The molecule has 0 spiro atoms. The SMILES string of the molecule is [CH2-]c1ccccc1.[Y+3]. The van der Waals surface area contributed by atoms with Crippen LogP contribution in [0.25, 0.3) is 0 Å². The van der Waals surface area contributed by atoms with E-state index in [0.29, 0.717) is 0 Å². The molecule has 1 rings (SSSR count). The van der Waals surface area contributed by atoms with Crippen LogP contribution < -0.4 is 0 Å². The molecule has 0 aliphatic heterocycles. The fourth-order valence-electron chi connectivity index (χ4n) is 0.478. The van der Waals surface area contributed by atoms with Gasteiger partial charge in [0.15, 0.2) is 0 Å². The average Bonchev–Trinajstić information content (AvgIpc) is 1.69. The molecule has 0 heterocycles. The second-order valence-corrected chi connectivity index (χ2v) is 1.49. The molecule has 1 aromatic rings. The molecule has 0 fully saturated rings. The quantitative estimate of drug-likeness (QED) is 0.534. The minimum Gasteiger partial charge on any atom is -0.199 e. The van der Waals surface area contributed by atoms with Crippen LogP contribution in [0.2, 0.25) is 0 Å². The van der Waals surface area contributed by atoms with Crippen molar-refractivity contribution in [2.45, 2.75) is 0 Å². The monoisotopic (exact) mass is 180 g/mol. The van der Waals surface area contributed by atoms with E-state index in [-0.39, 0.29) is 32.7 Å². The van der Waals surface area contributed by atoms with Gasteiger partial charge in [0.05, 0.1) is 0 Å². The first kappa shape index (κ1) is 8.19. The van der Waals surface area contributed by atoms with Crippen LogP contribution in [-0.2, 0) is 32.7 Å². The van der Waals surface area contributed by atoms with Crippen molar-refractivity contribution in [1.82, 2.24) is 0 Å². The molecule has 1 heteroatoms. The van der Waals surface area contributed by atoms with Gasteiger partial charge in [-0.05, 0) is 0 Å². The molecular weight excluding hydrogens is 173 g/mol. The van der Waals surface area contributed by atoms with Crippen LogP contribution >= 0.6 is 0 Å². The van der Waals surface area contributed by atoms with Gasteiger partial charge in [0.2, 0.25) is 0 Å². The molecule has 0 aliphatic carbocycles. The van der Waals surface area contributed by atoms with Gasteiger partial charge in [0, 0.05) is 0 Å². The first-order valence-electron chi connectivity index (χ1n) is 2.26. The molecule has 0 saturated heterocycles. The average molecular weight is 180 g/mol. The minimum absolute atomic E-state index is 0. The number of rotatable bonds is 0. The molecule has 0 aliphatic rings. The Morgan fingerprint density at radius 3 is 1.75 bits per heavy atom. The van der Waals surface area contributed by atoms with Crippen LogP contribution in [0, 0.1) is 6.92 Å². The summed E-state index contributed by atoms with van der Waals surface area (Å²) in [5.41, 5.74) is 1.07. The Balaban J connectivity index is 0.000000490. The summed E-state index contributed by atoms with van der Waals surface area (Å²) < 4.78 is 0. The van der Waals surface area contributed by atoms with Gasteiger partial charge in [-0.15, -0.1) is 12.1 Å². The molecule has 0 unspecified atom stereocenters. The van der Waals surface area contributed by atoms with Crippen molar-refractivity contribution in [2.24, 2.45) is 0 Å². The molecular formula is C7H7Y+2. The topological polar surface area (TPSA) is 0 Å². The Morgan fingerprint density at radius 2 is 1.50 bits per heavy atom. The van der Waals surface area contributed by atoms with E-state index in [1.54, 1.807) is 0 Å².